The summed E-state index contributed by atoms with van der Waals surface area (Å²) in [6.45, 7) is 0. The Balaban J connectivity index is 1.71. The minimum Gasteiger partial charge on any atom is -0.497 e. The Kier molecular flexibility index (Phi) is 5.51. The number of carbonyl (C=O) groups excluding carboxylic acids is 1. The fraction of sp³-hybridized carbons (Fsp3) is 0.100. The first-order chi connectivity index (χ1) is 13.1. The van der Waals surface area contributed by atoms with Crippen LogP contribution in [0.25, 0.3) is 0 Å². The van der Waals surface area contributed by atoms with E-state index < -0.39 is 0 Å². The van der Waals surface area contributed by atoms with Crippen LogP contribution in [0.5, 0.6) is 11.5 Å². The molecule has 0 aliphatic heterocycles. The second-order valence-corrected chi connectivity index (χ2v) is 5.59. The molecule has 138 valence electrons. The molecule has 1 aromatic heterocycles. The van der Waals surface area contributed by atoms with Gasteiger partial charge < -0.3 is 20.1 Å². The van der Waals surface area contributed by atoms with Gasteiger partial charge in [-0.15, -0.1) is 0 Å². The van der Waals surface area contributed by atoms with Crippen LogP contribution in [0.1, 0.15) is 10.4 Å². The topological polar surface area (TPSA) is 72.5 Å². The van der Waals surface area contributed by atoms with Gasteiger partial charge in [0, 0.05) is 18.0 Å². The largest absolute Gasteiger partial charge is 0.497 e. The maximum atomic E-state index is 13.2. The fourth-order valence-corrected chi connectivity index (χ4v) is 2.41. The van der Waals surface area contributed by atoms with Crippen molar-refractivity contribution in [2.45, 2.75) is 0 Å². The lowest BCUT2D eigenvalue weighted by atomic mass is 10.2. The molecule has 0 bridgehead atoms. The van der Waals surface area contributed by atoms with Crippen molar-refractivity contribution in [2.24, 2.45) is 0 Å². The van der Waals surface area contributed by atoms with E-state index in [1.807, 2.05) is 0 Å². The van der Waals surface area contributed by atoms with E-state index >= 15 is 0 Å². The molecule has 0 radical (unpaired) electrons. The van der Waals surface area contributed by atoms with Crippen LogP contribution in [0.15, 0.2) is 60.8 Å². The fourth-order valence-electron chi connectivity index (χ4n) is 2.41. The van der Waals surface area contributed by atoms with Gasteiger partial charge in [-0.05, 0) is 42.5 Å². The molecule has 2 aromatic carbocycles. The molecule has 0 saturated heterocycles. The maximum absolute atomic E-state index is 13.2. The number of halogens is 1. The van der Waals surface area contributed by atoms with Crippen LogP contribution in [0.2, 0.25) is 0 Å². The SMILES string of the molecule is COc1ccc(NC(=O)c2ccc(Nc3cccc(F)c3)nc2)c(OC)c1. The van der Waals surface area contributed by atoms with Gasteiger partial charge in [-0.3, -0.25) is 4.79 Å². The van der Waals surface area contributed by atoms with Crippen molar-refractivity contribution in [2.75, 3.05) is 24.9 Å². The van der Waals surface area contributed by atoms with Crippen LogP contribution in [0, 0.1) is 5.82 Å². The molecule has 2 N–H and O–H groups in total. The number of nitrogens with zero attached hydrogens (tertiary/aromatic N) is 1. The molecule has 0 aliphatic carbocycles. The van der Waals surface area contributed by atoms with Crippen molar-refractivity contribution in [1.29, 1.82) is 0 Å². The molecule has 6 nitrogen and oxygen atoms in total. The summed E-state index contributed by atoms with van der Waals surface area (Å²) in [5.74, 6) is 0.936. The van der Waals surface area contributed by atoms with E-state index in [4.69, 9.17) is 9.47 Å². The van der Waals surface area contributed by atoms with Crippen LogP contribution in [-0.4, -0.2) is 25.1 Å². The summed E-state index contributed by atoms with van der Waals surface area (Å²) in [6, 6.07) is 14.4. The van der Waals surface area contributed by atoms with Crippen molar-refractivity contribution >= 4 is 23.1 Å². The molecule has 0 spiro atoms. The molecule has 3 aromatic rings. The number of hydrogen-bond acceptors (Lipinski definition) is 5. The summed E-state index contributed by atoms with van der Waals surface area (Å²) in [5, 5.41) is 5.75. The Morgan fingerprint density at radius 2 is 1.89 bits per heavy atom. The second kappa shape index (κ2) is 8.18. The average molecular weight is 367 g/mol. The number of aromatic nitrogens is 1. The molecule has 0 atom stereocenters. The average Bonchev–Trinajstić information content (AvgIpc) is 2.69. The van der Waals surface area contributed by atoms with Crippen LogP contribution >= 0.6 is 0 Å². The Morgan fingerprint density at radius 3 is 2.56 bits per heavy atom. The third kappa shape index (κ3) is 4.52. The first kappa shape index (κ1) is 18.2. The number of hydrogen-bond donors (Lipinski definition) is 2. The Morgan fingerprint density at radius 1 is 1.04 bits per heavy atom. The highest BCUT2D eigenvalue weighted by atomic mass is 19.1. The summed E-state index contributed by atoms with van der Waals surface area (Å²) in [7, 11) is 3.07. The predicted molar refractivity (Wildman–Crippen MR) is 101 cm³/mol. The molecule has 0 aliphatic rings. The van der Waals surface area contributed by atoms with Gasteiger partial charge in [0.15, 0.2) is 0 Å². The number of amides is 1. The highest BCUT2D eigenvalue weighted by molar-refractivity contribution is 6.05. The van der Waals surface area contributed by atoms with Crippen LogP contribution in [-0.2, 0) is 0 Å². The minimum atomic E-state index is -0.343. The molecular weight excluding hydrogens is 349 g/mol. The van der Waals surface area contributed by atoms with Gasteiger partial charge in [-0.2, -0.15) is 0 Å². The van der Waals surface area contributed by atoms with Gasteiger partial charge in [0.2, 0.25) is 0 Å². The van der Waals surface area contributed by atoms with Gasteiger partial charge in [0.05, 0.1) is 25.5 Å². The van der Waals surface area contributed by atoms with E-state index in [2.05, 4.69) is 15.6 Å². The summed E-state index contributed by atoms with van der Waals surface area (Å²) in [6.07, 6.45) is 1.44. The minimum absolute atomic E-state index is 0.330. The quantitative estimate of drug-likeness (QED) is 0.682. The molecule has 3 rings (SSSR count). The first-order valence-corrected chi connectivity index (χ1v) is 8.11. The van der Waals surface area contributed by atoms with Crippen molar-refractivity contribution in [3.05, 3.63) is 72.2 Å². The summed E-state index contributed by atoms with van der Waals surface area (Å²) >= 11 is 0. The maximum Gasteiger partial charge on any atom is 0.257 e. The van der Waals surface area contributed by atoms with E-state index in [0.29, 0.717) is 34.3 Å². The Bertz CT molecular complexity index is 945. The Labute approximate surface area is 156 Å². The highest BCUT2D eigenvalue weighted by Gasteiger charge is 2.11. The number of methoxy groups -OCH3 is 2. The third-order valence-electron chi connectivity index (χ3n) is 3.78. The predicted octanol–water partition coefficient (Wildman–Crippen LogP) is 4.23. The molecule has 1 heterocycles. The number of carbonyl (C=O) groups is 1. The third-order valence-corrected chi connectivity index (χ3v) is 3.78. The molecule has 1 amide bonds. The zero-order valence-electron chi connectivity index (χ0n) is 14.8. The lowest BCUT2D eigenvalue weighted by Crippen LogP contribution is -2.13. The van der Waals surface area contributed by atoms with E-state index in [1.54, 1.807) is 49.6 Å². The second-order valence-electron chi connectivity index (χ2n) is 5.59. The van der Waals surface area contributed by atoms with E-state index in [1.165, 1.54) is 25.4 Å². The van der Waals surface area contributed by atoms with Gasteiger partial charge in [-0.1, -0.05) is 6.07 Å². The van der Waals surface area contributed by atoms with Gasteiger partial charge in [0.1, 0.15) is 23.1 Å². The lowest BCUT2D eigenvalue weighted by Gasteiger charge is -2.12. The first-order valence-electron chi connectivity index (χ1n) is 8.11. The number of nitrogens with one attached hydrogen (secondary N) is 2. The van der Waals surface area contributed by atoms with Crippen molar-refractivity contribution < 1.29 is 18.7 Å². The lowest BCUT2D eigenvalue weighted by molar-refractivity contribution is 0.102. The smallest absolute Gasteiger partial charge is 0.257 e. The number of benzene rings is 2. The number of anilines is 3. The molecule has 27 heavy (non-hydrogen) atoms. The van der Waals surface area contributed by atoms with Gasteiger partial charge >= 0.3 is 0 Å². The zero-order chi connectivity index (χ0) is 19.2. The summed E-state index contributed by atoms with van der Waals surface area (Å²) in [5.41, 5.74) is 1.46. The standard InChI is InChI=1S/C20H18FN3O3/c1-26-16-7-8-17(18(11-16)27-2)24-20(25)13-6-9-19(22-12-13)23-15-5-3-4-14(21)10-15/h3-12H,1-2H3,(H,22,23)(H,24,25). The molecule has 0 saturated carbocycles. The van der Waals surface area contributed by atoms with Crippen LogP contribution in [0.4, 0.5) is 21.6 Å². The van der Waals surface area contributed by atoms with Gasteiger partial charge in [-0.25, -0.2) is 9.37 Å². The normalized spacial score (nSPS) is 10.2. The number of pyridine rings is 1. The highest BCUT2D eigenvalue weighted by Crippen LogP contribution is 2.29. The number of ether oxygens (including phenoxy) is 2. The summed E-state index contributed by atoms with van der Waals surface area (Å²) in [4.78, 5) is 16.6. The van der Waals surface area contributed by atoms with Crippen LogP contribution < -0.4 is 20.1 Å². The molecule has 0 unspecified atom stereocenters. The Hall–Kier alpha value is -3.61. The van der Waals surface area contributed by atoms with Crippen molar-refractivity contribution in [3.8, 4) is 11.5 Å². The summed E-state index contributed by atoms with van der Waals surface area (Å²) < 4.78 is 23.6. The molecule has 7 heteroatoms. The van der Waals surface area contributed by atoms with Crippen LogP contribution in [0.3, 0.4) is 0 Å². The zero-order valence-corrected chi connectivity index (χ0v) is 14.8. The van der Waals surface area contributed by atoms with Crippen molar-refractivity contribution in [1.82, 2.24) is 4.98 Å². The van der Waals surface area contributed by atoms with E-state index in [0.717, 1.165) is 0 Å². The molecular formula is C20H18FN3O3. The van der Waals surface area contributed by atoms with Crippen molar-refractivity contribution in [3.63, 3.8) is 0 Å². The van der Waals surface area contributed by atoms with Gasteiger partial charge in [0.25, 0.3) is 5.91 Å². The molecule has 0 fully saturated rings. The number of rotatable bonds is 6. The van der Waals surface area contributed by atoms with E-state index in [-0.39, 0.29) is 11.7 Å². The monoisotopic (exact) mass is 367 g/mol. The van der Waals surface area contributed by atoms with E-state index in [9.17, 15) is 9.18 Å².